The van der Waals surface area contributed by atoms with Crippen molar-refractivity contribution in [3.63, 3.8) is 0 Å². The molecule has 1 aromatic heterocycles. The Labute approximate surface area is 294 Å². The Morgan fingerprint density at radius 1 is 1.00 bits per heavy atom. The number of carbonyl (C=O) groups is 1. The predicted molar refractivity (Wildman–Crippen MR) is 185 cm³/mol. The number of urea groups is 1. The lowest BCUT2D eigenvalue weighted by atomic mass is 9.96. The minimum Gasteiger partial charge on any atom is -0.490 e. The number of amides is 2. The molecule has 2 aliphatic carbocycles. The highest BCUT2D eigenvalue weighted by molar-refractivity contribution is 7.99. The minimum absolute atomic E-state index is 0.211. The number of rotatable bonds is 20. The van der Waals surface area contributed by atoms with Crippen LogP contribution in [0.1, 0.15) is 36.8 Å². The van der Waals surface area contributed by atoms with E-state index < -0.39 is 42.7 Å². The Balaban J connectivity index is 1.04. The molecule has 1 heterocycles. The Morgan fingerprint density at radius 2 is 1.78 bits per heavy atom. The summed E-state index contributed by atoms with van der Waals surface area (Å²) in [4.78, 5) is 17.4. The molecule has 12 nitrogen and oxygen atoms in total. The van der Waals surface area contributed by atoms with Crippen LogP contribution in [0, 0.1) is 0 Å². The number of thioether (sulfide) groups is 1. The molecule has 0 aliphatic heterocycles. The van der Waals surface area contributed by atoms with Gasteiger partial charge in [0.15, 0.2) is 0 Å². The molecule has 5 rings (SSSR count). The first kappa shape index (κ1) is 37.3. The van der Waals surface area contributed by atoms with Crippen LogP contribution in [0.2, 0.25) is 5.02 Å². The van der Waals surface area contributed by atoms with E-state index in [0.29, 0.717) is 30.1 Å². The third kappa shape index (κ3) is 10.5. The van der Waals surface area contributed by atoms with E-state index in [1.165, 1.54) is 0 Å². The molecule has 0 saturated heterocycles. The summed E-state index contributed by atoms with van der Waals surface area (Å²) >= 11 is 8.20. The lowest BCUT2D eigenvalue weighted by Gasteiger charge is -2.25. The number of para-hydroxylation sites is 1. The molecule has 2 aliphatic rings. The van der Waals surface area contributed by atoms with Gasteiger partial charge in [0.25, 0.3) is 0 Å². The van der Waals surface area contributed by atoms with Gasteiger partial charge in [0.1, 0.15) is 24.1 Å². The number of aliphatic hydroxyl groups is 5. The maximum Gasteiger partial charge on any atom is 0.314 e. The van der Waals surface area contributed by atoms with E-state index in [1.807, 2.05) is 54.9 Å². The fourth-order valence-corrected chi connectivity index (χ4v) is 6.22. The van der Waals surface area contributed by atoms with Crippen molar-refractivity contribution in [2.45, 2.75) is 73.3 Å². The first-order valence-corrected chi connectivity index (χ1v) is 17.8. The summed E-state index contributed by atoms with van der Waals surface area (Å²) in [5.41, 5.74) is 3.63. The monoisotopic (exact) mass is 717 g/mol. The molecule has 14 heteroatoms. The van der Waals surface area contributed by atoms with Crippen LogP contribution in [0.15, 0.2) is 65.8 Å². The fourth-order valence-electron chi connectivity index (χ4n) is 5.22. The zero-order valence-electron chi connectivity index (χ0n) is 27.0. The zero-order valence-corrected chi connectivity index (χ0v) is 28.6. The van der Waals surface area contributed by atoms with Gasteiger partial charge >= 0.3 is 6.03 Å². The average Bonchev–Trinajstić information content (AvgIpc) is 4.07. The van der Waals surface area contributed by atoms with Gasteiger partial charge in [0, 0.05) is 52.3 Å². The highest BCUT2D eigenvalue weighted by Gasteiger charge is 2.48. The summed E-state index contributed by atoms with van der Waals surface area (Å²) in [6.45, 7) is 0.113. The fraction of sp³-hybridized carbons (Fsp3) is 0.486. The number of ether oxygens (including phenoxy) is 3. The highest BCUT2D eigenvalue weighted by atomic mass is 35.5. The van der Waals surface area contributed by atoms with Crippen molar-refractivity contribution in [1.29, 1.82) is 0 Å². The van der Waals surface area contributed by atoms with Crippen LogP contribution >= 0.6 is 23.4 Å². The summed E-state index contributed by atoms with van der Waals surface area (Å²) in [7, 11) is 0. The van der Waals surface area contributed by atoms with Gasteiger partial charge in [0.2, 0.25) is 0 Å². The molecule has 7 N–H and O–H groups in total. The number of hydrogen-bond acceptors (Lipinski definition) is 11. The van der Waals surface area contributed by atoms with Gasteiger partial charge in [-0.15, -0.1) is 11.8 Å². The first-order chi connectivity index (χ1) is 23.7. The number of benzene rings is 2. The number of carbonyl (C=O) groups excluding carboxylic acids is 1. The van der Waals surface area contributed by atoms with Crippen LogP contribution in [0.5, 0.6) is 5.75 Å². The Morgan fingerprint density at radius 3 is 2.53 bits per heavy atom. The Bertz CT molecular complexity index is 1530. The normalized spacial score (nSPS) is 17.5. The Hall–Kier alpha value is -2.98. The topological polar surface area (TPSA) is 183 Å². The first-order valence-electron chi connectivity index (χ1n) is 16.4. The van der Waals surface area contributed by atoms with E-state index in [2.05, 4.69) is 21.7 Å². The molecule has 2 amide bonds. The number of halogens is 1. The van der Waals surface area contributed by atoms with Crippen LogP contribution in [0.25, 0.3) is 11.1 Å². The molecule has 2 fully saturated rings. The molecular weight excluding hydrogens is 674 g/mol. The molecule has 0 spiro atoms. The highest BCUT2D eigenvalue weighted by Crippen LogP contribution is 2.53. The van der Waals surface area contributed by atoms with Crippen molar-refractivity contribution < 1.29 is 44.5 Å². The van der Waals surface area contributed by atoms with Crippen molar-refractivity contribution in [2.75, 3.05) is 38.7 Å². The third-order valence-corrected chi connectivity index (χ3v) is 9.68. The van der Waals surface area contributed by atoms with Gasteiger partial charge in [-0.25, -0.2) is 4.79 Å². The second-order valence-corrected chi connectivity index (χ2v) is 13.7. The number of hydrogen-bond donors (Lipinski definition) is 7. The molecule has 49 heavy (non-hydrogen) atoms. The van der Waals surface area contributed by atoms with Crippen molar-refractivity contribution in [2.24, 2.45) is 0 Å². The van der Waals surface area contributed by atoms with Crippen LogP contribution in [-0.2, 0) is 21.7 Å². The molecule has 0 unspecified atom stereocenters. The molecule has 266 valence electrons. The van der Waals surface area contributed by atoms with E-state index in [-0.39, 0.29) is 19.7 Å². The molecule has 3 aromatic rings. The van der Waals surface area contributed by atoms with Crippen LogP contribution < -0.4 is 15.4 Å². The quantitative estimate of drug-likeness (QED) is 0.0674. The second kappa shape index (κ2) is 17.8. The molecule has 2 saturated carbocycles. The van der Waals surface area contributed by atoms with Gasteiger partial charge in [0.05, 0.1) is 44.2 Å². The summed E-state index contributed by atoms with van der Waals surface area (Å²) in [6, 6.07) is 15.4. The number of nitrogens with zero attached hydrogens (tertiary/aromatic N) is 1. The largest absolute Gasteiger partial charge is 0.490 e. The minimum atomic E-state index is -1.76. The molecule has 2 aromatic carbocycles. The zero-order chi connectivity index (χ0) is 34.8. The summed E-state index contributed by atoms with van der Waals surface area (Å²) in [5.74, 6) is 1.56. The summed E-state index contributed by atoms with van der Waals surface area (Å²) < 4.78 is 18.4. The van der Waals surface area contributed by atoms with Gasteiger partial charge in [-0.1, -0.05) is 29.8 Å². The van der Waals surface area contributed by atoms with Gasteiger partial charge in [-0.05, 0) is 67.1 Å². The summed E-state index contributed by atoms with van der Waals surface area (Å²) in [6.07, 6.45) is 1.31. The van der Waals surface area contributed by atoms with Gasteiger partial charge in [-0.2, -0.15) is 0 Å². The van der Waals surface area contributed by atoms with Crippen molar-refractivity contribution in [1.82, 2.24) is 15.6 Å². The predicted octanol–water partition coefficient (Wildman–Crippen LogP) is 2.99. The van der Waals surface area contributed by atoms with Crippen LogP contribution in [-0.4, -0.2) is 106 Å². The molecule has 0 bridgehead atoms. The van der Waals surface area contributed by atoms with E-state index in [9.17, 15) is 25.2 Å². The van der Waals surface area contributed by atoms with Crippen LogP contribution in [0.4, 0.5) is 4.79 Å². The summed E-state index contributed by atoms with van der Waals surface area (Å²) in [5, 5.41) is 53.1. The van der Waals surface area contributed by atoms with E-state index in [0.717, 1.165) is 58.6 Å². The van der Waals surface area contributed by atoms with Crippen molar-refractivity contribution in [3.05, 3.63) is 77.1 Å². The molecule has 0 radical (unpaired) electrons. The van der Waals surface area contributed by atoms with Gasteiger partial charge < -0.3 is 50.4 Å². The lowest BCUT2D eigenvalue weighted by Crippen LogP contribution is -2.50. The number of nitrogens with one attached hydrogen (secondary N) is 2. The molecular formula is C35H44ClN3O9S. The number of aliphatic hydroxyl groups excluding tert-OH is 5. The standard InChI is InChI=1S/C35H44ClN3O9S/c36-28-8-7-24(49-16-15-46-14-13-38-34(45)39-19-29(41)32(43)33(44)30(42)20-40)17-22(28)21-47-35(10-11-35)27-18-37-12-9-25(27)26-3-1-2-4-31(26)48-23-5-6-23/h1-4,7-9,12,17-18,23,29-30,32-33,40-44H,5-6,10-11,13-16,19-21H2,(H2,38,39,45)/t29-,30+,32+,33+/m0/s1. The lowest BCUT2D eigenvalue weighted by molar-refractivity contribution is -0.113. The second-order valence-electron chi connectivity index (χ2n) is 12.2. The third-order valence-electron chi connectivity index (χ3n) is 8.36. The SMILES string of the molecule is O=C(NCCOCCSc1ccc(Cl)c(COC2(c3cnccc3-c3ccccc3OC3CC3)CC2)c1)NC[C@H](O)[C@@H](O)[C@H](O)[C@H](O)CO. The van der Waals surface area contributed by atoms with E-state index in [1.54, 1.807) is 11.8 Å². The van der Waals surface area contributed by atoms with Gasteiger partial charge in [-0.3, -0.25) is 4.98 Å². The number of pyridine rings is 1. The maximum atomic E-state index is 11.9. The smallest absolute Gasteiger partial charge is 0.314 e. The van der Waals surface area contributed by atoms with Crippen LogP contribution in [0.3, 0.4) is 0 Å². The molecule has 4 atom stereocenters. The number of aromatic nitrogens is 1. The Kier molecular flexibility index (Phi) is 13.5. The van der Waals surface area contributed by atoms with E-state index in [4.69, 9.17) is 30.9 Å². The van der Waals surface area contributed by atoms with Crippen molar-refractivity contribution in [3.8, 4) is 16.9 Å². The maximum absolute atomic E-state index is 11.9. The average molecular weight is 718 g/mol. The van der Waals surface area contributed by atoms with E-state index >= 15 is 0 Å². The van der Waals surface area contributed by atoms with Crippen molar-refractivity contribution >= 4 is 29.4 Å².